The van der Waals surface area contributed by atoms with Crippen molar-refractivity contribution < 1.29 is 65.4 Å². The Kier molecular flexibility index (Phi) is 10.6. The number of carbonyl (C=O) groups excluding carboxylic acids is 2. The Morgan fingerprint density at radius 1 is 1.32 bits per heavy atom. The fraction of sp³-hybridized carbons (Fsp3) is 0.286. The van der Waals surface area contributed by atoms with Gasteiger partial charge in [-0.15, -0.1) is 18.2 Å². The normalized spacial score (nSPS) is 15.0. The van der Waals surface area contributed by atoms with Crippen LogP contribution < -0.4 is 62.0 Å². The number of rotatable bonds is 6. The molecule has 5 nitrogen and oxygen atoms in total. The van der Waals surface area contributed by atoms with Crippen molar-refractivity contribution in [1.29, 1.82) is 0 Å². The molecule has 0 spiro atoms. The first-order valence-corrected chi connectivity index (χ1v) is 10.5. The van der Waals surface area contributed by atoms with Gasteiger partial charge in [0.1, 0.15) is 5.91 Å². The molecular formula is C21H19Cl3FKN3O2-. The van der Waals surface area contributed by atoms with Gasteiger partial charge in [0.2, 0.25) is 5.91 Å². The van der Waals surface area contributed by atoms with Crippen LogP contribution in [-0.2, 0) is 11.2 Å². The van der Waals surface area contributed by atoms with Gasteiger partial charge in [0, 0.05) is 16.6 Å². The van der Waals surface area contributed by atoms with Gasteiger partial charge in [0.25, 0.3) is 0 Å². The summed E-state index contributed by atoms with van der Waals surface area (Å²) in [6.07, 6.45) is 0.636. The van der Waals surface area contributed by atoms with Crippen LogP contribution in [0.4, 0.5) is 10.1 Å². The number of hydrogen-bond acceptors (Lipinski definition) is 3. The molecule has 10 heteroatoms. The predicted octanol–water partition coefficient (Wildman–Crippen LogP) is 1.62. The van der Waals surface area contributed by atoms with Crippen LogP contribution in [0.15, 0.2) is 24.3 Å². The Bertz CT molecular complexity index is 977. The second-order valence-corrected chi connectivity index (χ2v) is 7.92. The van der Waals surface area contributed by atoms with Crippen LogP contribution in [0.5, 0.6) is 0 Å². The third-order valence-corrected chi connectivity index (χ3v) is 5.58. The maximum absolute atomic E-state index is 14.3. The molecule has 3 rings (SSSR count). The number of benzene rings is 2. The monoisotopic (exact) mass is 508 g/mol. The number of halogens is 4. The zero-order valence-corrected chi connectivity index (χ0v) is 22.5. The molecule has 0 aromatic heterocycles. The van der Waals surface area contributed by atoms with Gasteiger partial charge in [-0.2, -0.15) is 11.6 Å². The minimum Gasteiger partial charge on any atom is -0.541 e. The molecule has 0 saturated heterocycles. The van der Waals surface area contributed by atoms with Crippen LogP contribution in [0.3, 0.4) is 0 Å². The van der Waals surface area contributed by atoms with E-state index in [1.807, 2.05) is 13.0 Å². The molecule has 0 aliphatic carbocycles. The summed E-state index contributed by atoms with van der Waals surface area (Å²) in [6.45, 7) is 3.64. The summed E-state index contributed by atoms with van der Waals surface area (Å²) in [7, 11) is 0. The van der Waals surface area contributed by atoms with E-state index in [4.69, 9.17) is 34.8 Å². The van der Waals surface area contributed by atoms with Gasteiger partial charge in [-0.3, -0.25) is 4.79 Å². The molecule has 2 aromatic carbocycles. The van der Waals surface area contributed by atoms with E-state index in [1.54, 1.807) is 11.0 Å². The molecule has 0 fully saturated rings. The van der Waals surface area contributed by atoms with Gasteiger partial charge in [0.05, 0.1) is 18.4 Å². The van der Waals surface area contributed by atoms with Crippen molar-refractivity contribution in [3.05, 3.63) is 69.4 Å². The van der Waals surface area contributed by atoms with E-state index in [9.17, 15) is 14.0 Å². The average Bonchev–Trinajstić information content (AvgIpc) is 2.70. The third-order valence-electron chi connectivity index (χ3n) is 4.89. The maximum Gasteiger partial charge on any atom is 1.00 e. The molecule has 1 atom stereocenters. The number of nitrogens with one attached hydrogen (secondary N) is 2. The van der Waals surface area contributed by atoms with Gasteiger partial charge in [-0.25, -0.2) is 10.9 Å². The summed E-state index contributed by atoms with van der Waals surface area (Å²) in [5.74, 6) is -1.24. The molecule has 160 valence electrons. The van der Waals surface area contributed by atoms with Crippen LogP contribution in [-0.4, -0.2) is 35.7 Å². The minimum absolute atomic E-state index is 0. The largest absolute Gasteiger partial charge is 1.00 e. The molecular weight excluding hydrogens is 491 g/mol. The number of amides is 2. The number of fused-ring (bicyclic) bond motifs is 1. The minimum atomic E-state index is -0.660. The SMILES string of the molecule is CC1c2c(Cl)cc(Cl)cc2CCN1C(=O)CNc1c[c-]c(C(=O)N[CH-]CCl)cc1F.[K+]. The van der Waals surface area contributed by atoms with E-state index in [0.29, 0.717) is 23.0 Å². The summed E-state index contributed by atoms with van der Waals surface area (Å²) in [4.78, 5) is 26.3. The Balaban J connectivity index is 0.00000341. The van der Waals surface area contributed by atoms with Gasteiger partial charge in [-0.05, 0) is 42.3 Å². The molecule has 1 aliphatic heterocycles. The van der Waals surface area contributed by atoms with Crippen molar-refractivity contribution in [3.63, 3.8) is 0 Å². The van der Waals surface area contributed by atoms with Gasteiger partial charge < -0.3 is 20.3 Å². The molecule has 1 unspecified atom stereocenters. The molecule has 1 heterocycles. The van der Waals surface area contributed by atoms with Crippen molar-refractivity contribution in [3.8, 4) is 0 Å². The summed E-state index contributed by atoms with van der Waals surface area (Å²) < 4.78 is 14.3. The Labute approximate surface area is 238 Å². The summed E-state index contributed by atoms with van der Waals surface area (Å²) in [6, 6.07) is 8.34. The van der Waals surface area contributed by atoms with Crippen LogP contribution >= 0.6 is 34.8 Å². The molecule has 2 amide bonds. The number of nitrogens with zero attached hydrogens (tertiary/aromatic N) is 1. The van der Waals surface area contributed by atoms with Crippen molar-refractivity contribution in [2.75, 3.05) is 24.3 Å². The fourth-order valence-corrected chi connectivity index (χ4v) is 4.23. The van der Waals surface area contributed by atoms with Crippen molar-refractivity contribution in [1.82, 2.24) is 10.2 Å². The second-order valence-electron chi connectivity index (χ2n) is 6.77. The number of alkyl halides is 1. The topological polar surface area (TPSA) is 61.4 Å². The molecule has 2 N–H and O–H groups in total. The molecule has 0 saturated carbocycles. The molecule has 31 heavy (non-hydrogen) atoms. The number of anilines is 1. The Morgan fingerprint density at radius 3 is 2.74 bits per heavy atom. The van der Waals surface area contributed by atoms with Gasteiger partial charge in [0.15, 0.2) is 0 Å². The van der Waals surface area contributed by atoms with E-state index in [0.717, 1.165) is 17.2 Å². The Hall–Kier alpha value is -0.384. The quantitative estimate of drug-likeness (QED) is 0.353. The van der Waals surface area contributed by atoms with Crippen molar-refractivity contribution in [2.24, 2.45) is 0 Å². The van der Waals surface area contributed by atoms with Gasteiger partial charge in [-0.1, -0.05) is 34.6 Å². The van der Waals surface area contributed by atoms with Gasteiger partial charge >= 0.3 is 51.4 Å². The molecule has 0 radical (unpaired) electrons. The smallest absolute Gasteiger partial charge is 0.541 e. The first kappa shape index (κ1) is 26.9. The van der Waals surface area contributed by atoms with Crippen molar-refractivity contribution >= 4 is 52.3 Å². The third kappa shape index (κ3) is 6.57. The fourth-order valence-electron chi connectivity index (χ4n) is 3.46. The molecule has 2 aromatic rings. The maximum atomic E-state index is 14.3. The first-order chi connectivity index (χ1) is 14.3. The van der Waals surface area contributed by atoms with Crippen molar-refractivity contribution in [2.45, 2.75) is 19.4 Å². The van der Waals surface area contributed by atoms with Crippen LogP contribution in [0.2, 0.25) is 10.0 Å². The van der Waals surface area contributed by atoms with Crippen LogP contribution in [0.25, 0.3) is 0 Å². The van der Waals surface area contributed by atoms with E-state index in [-0.39, 0.29) is 87.0 Å². The Morgan fingerprint density at radius 2 is 2.06 bits per heavy atom. The molecule has 0 bridgehead atoms. The second kappa shape index (κ2) is 12.2. The summed E-state index contributed by atoms with van der Waals surface area (Å²) >= 11 is 17.9. The van der Waals surface area contributed by atoms with E-state index in [2.05, 4.69) is 16.7 Å². The van der Waals surface area contributed by atoms with E-state index in [1.165, 1.54) is 12.6 Å². The average molecular weight is 510 g/mol. The van der Waals surface area contributed by atoms with E-state index >= 15 is 0 Å². The van der Waals surface area contributed by atoms with Crippen LogP contribution in [0, 0.1) is 18.4 Å². The summed E-state index contributed by atoms with van der Waals surface area (Å²) in [5, 5.41) is 6.28. The predicted molar refractivity (Wildman–Crippen MR) is 117 cm³/mol. The first-order valence-electron chi connectivity index (χ1n) is 9.22. The zero-order valence-electron chi connectivity index (χ0n) is 17.1. The summed E-state index contributed by atoms with van der Waals surface area (Å²) in [5.41, 5.74) is 2.01. The number of hydrogen-bond donors (Lipinski definition) is 2. The standard InChI is InChI=1S/C21H19Cl3FN3O2.K/c1-12-20-13(8-15(23)10-16(20)24)4-7-28(12)19(29)11-27-18-3-2-14(9-17(18)25)21(30)26-6-5-22;/h3,6,8-10,12,27H,4-5,7,11H2,1H3,(H,26,30);/q-2;+1. The van der Waals surface area contributed by atoms with E-state index < -0.39 is 11.7 Å². The molecule has 1 aliphatic rings. The number of carbonyl (C=O) groups is 2. The zero-order chi connectivity index (χ0) is 21.8. The van der Waals surface area contributed by atoms with Crippen LogP contribution in [0.1, 0.15) is 34.5 Å².